The van der Waals surface area contributed by atoms with Crippen LogP contribution in [0.5, 0.6) is 0 Å². The number of hydrogen-bond acceptors (Lipinski definition) is 2. The van der Waals surface area contributed by atoms with Crippen LogP contribution in [-0.2, 0) is 9.53 Å². The van der Waals surface area contributed by atoms with Crippen LogP contribution in [0.1, 0.15) is 76.2 Å². The van der Waals surface area contributed by atoms with Crippen molar-refractivity contribution in [2.24, 2.45) is 16.7 Å². The summed E-state index contributed by atoms with van der Waals surface area (Å²) in [6.45, 7) is 24.5. The van der Waals surface area contributed by atoms with Gasteiger partial charge in [0, 0.05) is 18.6 Å². The molecule has 0 aromatic rings. The number of rotatable bonds is 7. The van der Waals surface area contributed by atoms with Gasteiger partial charge in [0.25, 0.3) is 0 Å². The van der Waals surface area contributed by atoms with Gasteiger partial charge in [-0.25, -0.2) is 0 Å². The second-order valence-corrected chi connectivity index (χ2v) is 5.95. The molecule has 0 fully saturated rings. The molecule has 0 saturated carbocycles. The fourth-order valence-electron chi connectivity index (χ4n) is 1.62. The molecule has 0 aromatic heterocycles. The Hall–Kier alpha value is -0.570. The van der Waals surface area contributed by atoms with E-state index >= 15 is 0 Å². The highest BCUT2D eigenvalue weighted by Crippen LogP contribution is 2.44. The summed E-state index contributed by atoms with van der Waals surface area (Å²) in [7, 11) is 0. The maximum Gasteiger partial charge on any atom is 0.226 e. The van der Waals surface area contributed by atoms with Crippen LogP contribution >= 0.6 is 0 Å². The minimum Gasteiger partial charge on any atom is -0.380 e. The highest BCUT2D eigenvalue weighted by molar-refractivity contribution is 5.82. The van der Waals surface area contributed by atoms with Crippen LogP contribution in [0, 0.1) is 16.7 Å². The summed E-state index contributed by atoms with van der Waals surface area (Å²) in [5, 5.41) is 2.95. The lowest BCUT2D eigenvalue weighted by Crippen LogP contribution is -2.49. The zero-order chi connectivity index (χ0) is 17.7. The largest absolute Gasteiger partial charge is 0.380 e. The number of nitrogens with one attached hydrogen (secondary N) is 1. The second kappa shape index (κ2) is 13.1. The van der Waals surface area contributed by atoms with Crippen LogP contribution in [-0.4, -0.2) is 25.7 Å². The first kappa shape index (κ1) is 25.4. The van der Waals surface area contributed by atoms with Gasteiger partial charge >= 0.3 is 0 Å². The van der Waals surface area contributed by atoms with Gasteiger partial charge in [-0.1, -0.05) is 69.2 Å². The lowest BCUT2D eigenvalue weighted by atomic mass is 9.61. The third-order valence-corrected chi connectivity index (χ3v) is 4.36. The molecule has 3 heteroatoms. The van der Waals surface area contributed by atoms with Gasteiger partial charge in [-0.2, -0.15) is 0 Å². The smallest absolute Gasteiger partial charge is 0.226 e. The van der Waals surface area contributed by atoms with Gasteiger partial charge in [-0.15, -0.1) is 0 Å². The molecular weight excluding hydrogens is 262 g/mol. The standard InChI is InChI=1S/C14H29NO2.2C2H6/c1-8-17-10-9-15-12(16)14(6,7)13(4,5)11(2)3;2*1-2/h11H,8-10H2,1-7H3,(H,15,16);2*1-2H3. The summed E-state index contributed by atoms with van der Waals surface area (Å²) >= 11 is 0. The molecule has 0 saturated heterocycles. The molecule has 0 aliphatic heterocycles. The van der Waals surface area contributed by atoms with E-state index in [0.717, 1.165) is 0 Å². The Morgan fingerprint density at radius 2 is 1.48 bits per heavy atom. The Labute approximate surface area is 134 Å². The number of carbonyl (C=O) groups excluding carboxylic acids is 1. The minimum atomic E-state index is -0.382. The average molecular weight is 304 g/mol. The Kier molecular flexibility index (Phi) is 15.9. The van der Waals surface area contributed by atoms with Crippen LogP contribution < -0.4 is 5.32 Å². The first-order valence-electron chi connectivity index (χ1n) is 8.54. The lowest BCUT2D eigenvalue weighted by molar-refractivity contribution is -0.137. The molecule has 0 aliphatic rings. The molecule has 0 spiro atoms. The molecule has 130 valence electrons. The van der Waals surface area contributed by atoms with Crippen LogP contribution in [0.3, 0.4) is 0 Å². The molecule has 0 atom stereocenters. The van der Waals surface area contributed by atoms with Crippen molar-refractivity contribution in [1.82, 2.24) is 5.32 Å². The van der Waals surface area contributed by atoms with E-state index in [-0.39, 0.29) is 16.7 Å². The summed E-state index contributed by atoms with van der Waals surface area (Å²) in [6.07, 6.45) is 0. The Balaban J connectivity index is -0.000000739. The third kappa shape index (κ3) is 8.45. The summed E-state index contributed by atoms with van der Waals surface area (Å²) in [6, 6.07) is 0. The van der Waals surface area contributed by atoms with Gasteiger partial charge in [0.2, 0.25) is 5.91 Å². The van der Waals surface area contributed by atoms with Gasteiger partial charge in [-0.05, 0) is 18.3 Å². The number of amides is 1. The fourth-order valence-corrected chi connectivity index (χ4v) is 1.62. The predicted octanol–water partition coefficient (Wildman–Crippen LogP) is 4.90. The van der Waals surface area contributed by atoms with E-state index in [9.17, 15) is 4.79 Å². The maximum absolute atomic E-state index is 12.2. The molecule has 1 amide bonds. The minimum absolute atomic E-state index is 0.0390. The van der Waals surface area contributed by atoms with E-state index in [4.69, 9.17) is 4.74 Å². The molecule has 0 aromatic carbocycles. The molecule has 0 radical (unpaired) electrons. The van der Waals surface area contributed by atoms with Crippen molar-refractivity contribution >= 4 is 5.91 Å². The first-order valence-corrected chi connectivity index (χ1v) is 8.54. The second-order valence-electron chi connectivity index (χ2n) is 5.95. The Bertz CT molecular complexity index is 246. The van der Waals surface area contributed by atoms with E-state index in [1.807, 2.05) is 48.5 Å². The van der Waals surface area contributed by atoms with Gasteiger partial charge in [0.1, 0.15) is 0 Å². The summed E-state index contributed by atoms with van der Waals surface area (Å²) in [4.78, 5) is 12.2. The van der Waals surface area contributed by atoms with Gasteiger partial charge in [0.05, 0.1) is 6.61 Å². The Morgan fingerprint density at radius 3 is 1.81 bits per heavy atom. The lowest BCUT2D eigenvalue weighted by Gasteiger charge is -2.43. The first-order chi connectivity index (χ1) is 9.67. The highest BCUT2D eigenvalue weighted by atomic mass is 16.5. The molecule has 21 heavy (non-hydrogen) atoms. The normalized spacial score (nSPS) is 11.0. The highest BCUT2D eigenvalue weighted by Gasteiger charge is 2.44. The molecule has 0 bridgehead atoms. The van der Waals surface area contributed by atoms with Crippen molar-refractivity contribution in [3.05, 3.63) is 0 Å². The molecular formula is C18H41NO2. The Morgan fingerprint density at radius 1 is 1.05 bits per heavy atom. The van der Waals surface area contributed by atoms with Crippen molar-refractivity contribution in [2.75, 3.05) is 19.8 Å². The van der Waals surface area contributed by atoms with Crippen LogP contribution in [0.25, 0.3) is 0 Å². The zero-order valence-electron chi connectivity index (χ0n) is 16.5. The summed E-state index contributed by atoms with van der Waals surface area (Å²) in [5.41, 5.74) is -0.421. The van der Waals surface area contributed by atoms with Crippen molar-refractivity contribution in [1.29, 1.82) is 0 Å². The SMILES string of the molecule is CC.CC.CCOCCNC(=O)C(C)(C)C(C)(C)C(C)C. The average Bonchev–Trinajstić information content (AvgIpc) is 2.47. The summed E-state index contributed by atoms with van der Waals surface area (Å²) < 4.78 is 5.21. The van der Waals surface area contributed by atoms with Crippen LogP contribution in [0.15, 0.2) is 0 Å². The van der Waals surface area contributed by atoms with E-state index in [1.165, 1.54) is 0 Å². The topological polar surface area (TPSA) is 38.3 Å². The molecule has 0 rings (SSSR count). The number of ether oxygens (including phenoxy) is 1. The van der Waals surface area contributed by atoms with Crippen molar-refractivity contribution < 1.29 is 9.53 Å². The van der Waals surface area contributed by atoms with Crippen LogP contribution in [0.4, 0.5) is 0 Å². The van der Waals surface area contributed by atoms with Crippen LogP contribution in [0.2, 0.25) is 0 Å². The molecule has 3 nitrogen and oxygen atoms in total. The van der Waals surface area contributed by atoms with E-state index in [0.29, 0.717) is 25.7 Å². The van der Waals surface area contributed by atoms with Crippen molar-refractivity contribution in [3.8, 4) is 0 Å². The molecule has 1 N–H and O–H groups in total. The monoisotopic (exact) mass is 303 g/mol. The summed E-state index contributed by atoms with van der Waals surface area (Å²) in [5.74, 6) is 0.561. The maximum atomic E-state index is 12.2. The van der Waals surface area contributed by atoms with Gasteiger partial charge in [-0.3, -0.25) is 4.79 Å². The number of hydrogen-bond donors (Lipinski definition) is 1. The van der Waals surface area contributed by atoms with E-state index in [2.05, 4.69) is 33.0 Å². The zero-order valence-corrected chi connectivity index (χ0v) is 16.5. The van der Waals surface area contributed by atoms with Crippen molar-refractivity contribution in [2.45, 2.75) is 76.2 Å². The fraction of sp³-hybridized carbons (Fsp3) is 0.944. The molecule has 0 aliphatic carbocycles. The van der Waals surface area contributed by atoms with Gasteiger partial charge in [0.15, 0.2) is 0 Å². The van der Waals surface area contributed by atoms with Crippen molar-refractivity contribution in [3.63, 3.8) is 0 Å². The predicted molar refractivity (Wildman–Crippen MR) is 94.6 cm³/mol. The molecule has 0 heterocycles. The quantitative estimate of drug-likeness (QED) is 0.679. The number of carbonyl (C=O) groups is 1. The van der Waals surface area contributed by atoms with E-state index < -0.39 is 0 Å². The van der Waals surface area contributed by atoms with E-state index in [1.54, 1.807) is 0 Å². The molecule has 0 unspecified atom stereocenters. The third-order valence-electron chi connectivity index (χ3n) is 4.36. The van der Waals surface area contributed by atoms with Gasteiger partial charge < -0.3 is 10.1 Å².